The Labute approximate surface area is 131 Å². The number of carbonyl (C=O) groups excluding carboxylic acids is 1. The standard InChI is InChI=1S/C14H14ClFN4O2/c1-22-5-4-17-14(21)12-7-13(19-8-18-12)20-9-2-3-11(16)10(15)6-9/h2-3,6-8H,4-5H2,1H3,(H,17,21)(H,18,19,20). The molecule has 22 heavy (non-hydrogen) atoms. The first-order valence-corrected chi connectivity index (χ1v) is 6.79. The van der Waals surface area contributed by atoms with Crippen LogP contribution in [0.4, 0.5) is 15.9 Å². The number of hydrogen-bond donors (Lipinski definition) is 2. The summed E-state index contributed by atoms with van der Waals surface area (Å²) >= 11 is 5.71. The molecular weight excluding hydrogens is 311 g/mol. The highest BCUT2D eigenvalue weighted by molar-refractivity contribution is 6.31. The van der Waals surface area contributed by atoms with E-state index in [0.29, 0.717) is 24.7 Å². The topological polar surface area (TPSA) is 76.1 Å². The first-order valence-electron chi connectivity index (χ1n) is 6.41. The van der Waals surface area contributed by atoms with Gasteiger partial charge in [0.05, 0.1) is 11.6 Å². The summed E-state index contributed by atoms with van der Waals surface area (Å²) in [7, 11) is 1.55. The number of benzene rings is 1. The Bertz CT molecular complexity index is 669. The fraction of sp³-hybridized carbons (Fsp3) is 0.214. The summed E-state index contributed by atoms with van der Waals surface area (Å²) in [6.45, 7) is 0.797. The van der Waals surface area contributed by atoms with Gasteiger partial charge in [0.1, 0.15) is 23.7 Å². The zero-order chi connectivity index (χ0) is 15.9. The molecule has 1 aromatic heterocycles. The molecule has 8 heteroatoms. The highest BCUT2D eigenvalue weighted by Gasteiger charge is 2.09. The van der Waals surface area contributed by atoms with Crippen LogP contribution in [0, 0.1) is 5.82 Å². The molecular formula is C14H14ClFN4O2. The van der Waals surface area contributed by atoms with Crippen LogP contribution in [0.3, 0.4) is 0 Å². The van der Waals surface area contributed by atoms with Crippen molar-refractivity contribution in [3.05, 3.63) is 47.1 Å². The smallest absolute Gasteiger partial charge is 0.270 e. The highest BCUT2D eigenvalue weighted by atomic mass is 35.5. The fourth-order valence-electron chi connectivity index (χ4n) is 1.63. The highest BCUT2D eigenvalue weighted by Crippen LogP contribution is 2.21. The third kappa shape index (κ3) is 4.37. The van der Waals surface area contributed by atoms with E-state index in [2.05, 4.69) is 20.6 Å². The predicted molar refractivity (Wildman–Crippen MR) is 80.9 cm³/mol. The molecule has 0 fully saturated rings. The Morgan fingerprint density at radius 3 is 2.91 bits per heavy atom. The number of nitrogens with zero attached hydrogens (tertiary/aromatic N) is 2. The lowest BCUT2D eigenvalue weighted by atomic mass is 10.3. The van der Waals surface area contributed by atoms with Crippen LogP contribution in [-0.2, 0) is 4.74 Å². The number of ether oxygens (including phenoxy) is 1. The van der Waals surface area contributed by atoms with E-state index in [4.69, 9.17) is 16.3 Å². The Morgan fingerprint density at radius 1 is 1.36 bits per heavy atom. The van der Waals surface area contributed by atoms with Gasteiger partial charge in [-0.3, -0.25) is 4.79 Å². The van der Waals surface area contributed by atoms with Gasteiger partial charge in [-0.2, -0.15) is 0 Å². The molecule has 6 nitrogen and oxygen atoms in total. The van der Waals surface area contributed by atoms with Gasteiger partial charge >= 0.3 is 0 Å². The number of nitrogens with one attached hydrogen (secondary N) is 2. The lowest BCUT2D eigenvalue weighted by Crippen LogP contribution is -2.27. The van der Waals surface area contributed by atoms with E-state index in [1.807, 2.05) is 0 Å². The Balaban J connectivity index is 2.07. The van der Waals surface area contributed by atoms with E-state index in [1.54, 1.807) is 7.11 Å². The lowest BCUT2D eigenvalue weighted by Gasteiger charge is -2.08. The van der Waals surface area contributed by atoms with Crippen LogP contribution in [0.15, 0.2) is 30.6 Å². The number of methoxy groups -OCH3 is 1. The molecule has 1 aromatic carbocycles. The van der Waals surface area contributed by atoms with E-state index in [0.717, 1.165) is 0 Å². The van der Waals surface area contributed by atoms with Crippen LogP contribution in [0.1, 0.15) is 10.5 Å². The van der Waals surface area contributed by atoms with Gasteiger partial charge in [0.25, 0.3) is 5.91 Å². The normalized spacial score (nSPS) is 10.3. The van der Waals surface area contributed by atoms with E-state index in [1.165, 1.54) is 30.6 Å². The lowest BCUT2D eigenvalue weighted by molar-refractivity contribution is 0.0932. The summed E-state index contributed by atoms with van der Waals surface area (Å²) in [4.78, 5) is 19.8. The van der Waals surface area contributed by atoms with Crippen molar-refractivity contribution < 1.29 is 13.9 Å². The molecule has 2 rings (SSSR count). The number of halogens is 2. The van der Waals surface area contributed by atoms with Crippen molar-refractivity contribution in [3.63, 3.8) is 0 Å². The molecule has 0 bridgehead atoms. The molecule has 0 saturated carbocycles. The monoisotopic (exact) mass is 324 g/mol. The van der Waals surface area contributed by atoms with Gasteiger partial charge in [0.15, 0.2) is 0 Å². The van der Waals surface area contributed by atoms with Crippen molar-refractivity contribution in [2.45, 2.75) is 0 Å². The predicted octanol–water partition coefficient (Wildman–Crippen LogP) is 2.39. The van der Waals surface area contributed by atoms with Crippen LogP contribution < -0.4 is 10.6 Å². The van der Waals surface area contributed by atoms with Gasteiger partial charge in [-0.05, 0) is 18.2 Å². The summed E-state index contributed by atoms with van der Waals surface area (Å²) < 4.78 is 18.0. The van der Waals surface area contributed by atoms with Crippen molar-refractivity contribution in [1.82, 2.24) is 15.3 Å². The second-order valence-electron chi connectivity index (χ2n) is 4.29. The molecule has 1 heterocycles. The molecule has 0 unspecified atom stereocenters. The molecule has 0 radical (unpaired) electrons. The van der Waals surface area contributed by atoms with E-state index in [-0.39, 0.29) is 16.6 Å². The molecule has 1 amide bonds. The largest absolute Gasteiger partial charge is 0.383 e. The van der Waals surface area contributed by atoms with Crippen LogP contribution in [0.2, 0.25) is 5.02 Å². The molecule has 116 valence electrons. The van der Waals surface area contributed by atoms with Crippen molar-refractivity contribution in [2.24, 2.45) is 0 Å². The zero-order valence-electron chi connectivity index (χ0n) is 11.8. The third-order valence-corrected chi connectivity index (χ3v) is 2.97. The van der Waals surface area contributed by atoms with Crippen molar-refractivity contribution in [1.29, 1.82) is 0 Å². The van der Waals surface area contributed by atoms with Crippen LogP contribution in [0.25, 0.3) is 0 Å². The molecule has 0 atom stereocenters. The minimum Gasteiger partial charge on any atom is -0.383 e. The maximum absolute atomic E-state index is 13.1. The summed E-state index contributed by atoms with van der Waals surface area (Å²) in [5.41, 5.74) is 0.762. The number of anilines is 2. The quantitative estimate of drug-likeness (QED) is 0.798. The van der Waals surface area contributed by atoms with E-state index >= 15 is 0 Å². The molecule has 0 saturated heterocycles. The van der Waals surface area contributed by atoms with Crippen LogP contribution in [-0.4, -0.2) is 36.1 Å². The first kappa shape index (κ1) is 16.1. The van der Waals surface area contributed by atoms with Gasteiger partial charge in [-0.1, -0.05) is 11.6 Å². The Hall–Kier alpha value is -2.25. The second kappa shape index (κ2) is 7.67. The molecule has 0 spiro atoms. The summed E-state index contributed by atoms with van der Waals surface area (Å²) in [5.74, 6) is -0.442. The fourth-order valence-corrected chi connectivity index (χ4v) is 1.81. The van der Waals surface area contributed by atoms with Crippen LogP contribution >= 0.6 is 11.6 Å². The molecule has 2 N–H and O–H groups in total. The maximum atomic E-state index is 13.1. The SMILES string of the molecule is COCCNC(=O)c1cc(Nc2ccc(F)c(Cl)c2)ncn1. The average molecular weight is 325 g/mol. The van der Waals surface area contributed by atoms with Gasteiger partial charge in [-0.15, -0.1) is 0 Å². The zero-order valence-corrected chi connectivity index (χ0v) is 12.5. The number of aromatic nitrogens is 2. The Kier molecular flexibility index (Phi) is 5.62. The number of hydrogen-bond acceptors (Lipinski definition) is 5. The van der Waals surface area contributed by atoms with Crippen molar-refractivity contribution in [3.8, 4) is 0 Å². The molecule has 2 aromatic rings. The van der Waals surface area contributed by atoms with Crippen molar-refractivity contribution >= 4 is 29.0 Å². The summed E-state index contributed by atoms with van der Waals surface area (Å²) in [5, 5.41) is 5.58. The summed E-state index contributed by atoms with van der Waals surface area (Å²) in [6.07, 6.45) is 1.26. The number of amides is 1. The maximum Gasteiger partial charge on any atom is 0.270 e. The van der Waals surface area contributed by atoms with E-state index < -0.39 is 5.82 Å². The minimum atomic E-state index is -0.506. The molecule has 0 aliphatic heterocycles. The Morgan fingerprint density at radius 2 is 2.18 bits per heavy atom. The first-order chi connectivity index (χ1) is 10.6. The van der Waals surface area contributed by atoms with Crippen molar-refractivity contribution in [2.75, 3.05) is 25.6 Å². The minimum absolute atomic E-state index is 0.00316. The van der Waals surface area contributed by atoms with Gasteiger partial charge in [0.2, 0.25) is 0 Å². The van der Waals surface area contributed by atoms with Gasteiger partial charge in [-0.25, -0.2) is 14.4 Å². The second-order valence-corrected chi connectivity index (χ2v) is 4.70. The summed E-state index contributed by atoms with van der Waals surface area (Å²) in [6, 6.07) is 5.67. The van der Waals surface area contributed by atoms with E-state index in [9.17, 15) is 9.18 Å². The average Bonchev–Trinajstić information content (AvgIpc) is 2.51. The number of rotatable bonds is 6. The molecule has 0 aliphatic carbocycles. The third-order valence-electron chi connectivity index (χ3n) is 2.68. The number of carbonyl (C=O) groups is 1. The molecule has 0 aliphatic rings. The van der Waals surface area contributed by atoms with Gasteiger partial charge < -0.3 is 15.4 Å². The van der Waals surface area contributed by atoms with Gasteiger partial charge in [0, 0.05) is 25.4 Å². The van der Waals surface area contributed by atoms with Crippen LogP contribution in [0.5, 0.6) is 0 Å².